The number of nitrogens with one attached hydrogen (secondary N) is 1. The fourth-order valence-corrected chi connectivity index (χ4v) is 12.3. The third-order valence-electron chi connectivity index (χ3n) is 15.7. The van der Waals surface area contributed by atoms with Crippen molar-refractivity contribution in [3.05, 3.63) is 149 Å². The van der Waals surface area contributed by atoms with Gasteiger partial charge in [0.05, 0.1) is 36.5 Å². The second-order valence-electron chi connectivity index (χ2n) is 20.9. The van der Waals surface area contributed by atoms with E-state index in [1.165, 1.54) is 95.3 Å². The minimum absolute atomic E-state index is 0. The SMILES string of the molecule is CCOC(=O)O[C@@H](C(=O)O[C@H]1C[C@@]2(O)[C@@H](OC(=O)c3ccccc3)[C@@H]3[C@]4(OC(C)=O)CO[C@@H]4C[C@H](OC(=O)Cc4ccccc4OP(=O)([O-])O)[C@@]3(C)C(=O)[C@H](OC(C)=O)C(=C1C)C2(C)C)[C@@H](NC(=O)c1ccccc1)c1ccccc1.[Na+]. The van der Waals surface area contributed by atoms with E-state index in [0.29, 0.717) is 0 Å². The molecule has 0 aromatic heterocycles. The van der Waals surface area contributed by atoms with Crippen molar-refractivity contribution in [2.24, 2.45) is 16.7 Å². The van der Waals surface area contributed by atoms with E-state index < -0.39 is 158 Å². The minimum atomic E-state index is -5.40. The van der Waals surface area contributed by atoms with Crippen LogP contribution in [0.3, 0.4) is 0 Å². The molecule has 0 spiro atoms. The summed E-state index contributed by atoms with van der Waals surface area (Å²) in [7, 11) is -5.40. The Hall–Kier alpha value is -6.75. The van der Waals surface area contributed by atoms with Crippen molar-refractivity contribution in [1.29, 1.82) is 0 Å². The van der Waals surface area contributed by atoms with Gasteiger partial charge in [0.25, 0.3) is 5.91 Å². The molecule has 2 saturated carbocycles. The third kappa shape index (κ3) is 12.4. The van der Waals surface area contributed by atoms with E-state index in [4.69, 9.17) is 42.4 Å². The Morgan fingerprint density at radius 3 is 1.99 bits per heavy atom. The Morgan fingerprint density at radius 2 is 1.41 bits per heavy atom. The summed E-state index contributed by atoms with van der Waals surface area (Å²) < 4.78 is 64.9. The number of esters is 5. The predicted molar refractivity (Wildman–Crippen MR) is 278 cm³/mol. The molecular weight excluding hydrogens is 1100 g/mol. The quantitative estimate of drug-likeness (QED) is 0.0450. The minimum Gasteiger partial charge on any atom is -0.746 e. The molecule has 1 aliphatic heterocycles. The van der Waals surface area contributed by atoms with Crippen molar-refractivity contribution in [3.8, 4) is 5.75 Å². The molecule has 430 valence electrons. The number of phosphoric acid groups is 1. The zero-order chi connectivity index (χ0) is 58.8. The largest absolute Gasteiger partial charge is 1.00 e. The van der Waals surface area contributed by atoms with Crippen molar-refractivity contribution in [2.75, 3.05) is 13.2 Å². The van der Waals surface area contributed by atoms with Crippen molar-refractivity contribution in [1.82, 2.24) is 5.32 Å². The number of ether oxygens (including phenoxy) is 8. The molecule has 1 amide bonds. The molecule has 3 fully saturated rings. The maximum atomic E-state index is 16.4. The fraction of sp³-hybridized carbons (Fsp3) is 0.414. The zero-order valence-electron chi connectivity index (χ0n) is 46.2. The first-order valence-electron chi connectivity index (χ1n) is 25.9. The summed E-state index contributed by atoms with van der Waals surface area (Å²) >= 11 is 0. The molecule has 4 aromatic carbocycles. The van der Waals surface area contributed by atoms with E-state index in [-0.39, 0.29) is 69.6 Å². The van der Waals surface area contributed by atoms with Crippen LogP contribution in [0.4, 0.5) is 4.79 Å². The summed E-state index contributed by atoms with van der Waals surface area (Å²) in [5.41, 5.74) is -8.69. The van der Waals surface area contributed by atoms with E-state index in [2.05, 4.69) is 5.32 Å². The van der Waals surface area contributed by atoms with Crippen molar-refractivity contribution in [2.45, 2.75) is 122 Å². The number of Topliss-reactive ketones (excluding diaryl/α,β-unsaturated/α-hetero) is 1. The molecular formula is C58H61NNaO21P. The zero-order valence-corrected chi connectivity index (χ0v) is 49.1. The topological polar surface area (TPSA) is 312 Å². The van der Waals surface area contributed by atoms with Crippen LogP contribution >= 0.6 is 7.82 Å². The summed E-state index contributed by atoms with van der Waals surface area (Å²) in [6.07, 6.45) is -14.0. The Balaban J connectivity index is 0.00000968. The molecule has 82 heavy (non-hydrogen) atoms. The van der Waals surface area contributed by atoms with Crippen LogP contribution in [-0.2, 0) is 72.9 Å². The van der Waals surface area contributed by atoms with Gasteiger partial charge in [-0.25, -0.2) is 14.4 Å². The van der Waals surface area contributed by atoms with E-state index >= 15 is 9.59 Å². The van der Waals surface area contributed by atoms with E-state index in [0.717, 1.165) is 13.8 Å². The van der Waals surface area contributed by atoms with Crippen LogP contribution in [-0.4, -0.2) is 119 Å². The van der Waals surface area contributed by atoms with Crippen molar-refractivity contribution in [3.63, 3.8) is 0 Å². The number of rotatable bonds is 17. The Labute approximate surface area is 494 Å². The molecule has 8 rings (SSSR count). The number of benzene rings is 4. The number of ketones is 1. The first kappa shape index (κ1) is 62.8. The van der Waals surface area contributed by atoms with Crippen LogP contribution in [0.5, 0.6) is 5.75 Å². The van der Waals surface area contributed by atoms with E-state index in [9.17, 15) is 48.2 Å². The van der Waals surface area contributed by atoms with Gasteiger partial charge in [-0.15, -0.1) is 0 Å². The van der Waals surface area contributed by atoms with Gasteiger partial charge in [-0.1, -0.05) is 98.8 Å². The smallest absolute Gasteiger partial charge is 0.746 e. The van der Waals surface area contributed by atoms with Crippen LogP contribution in [0.1, 0.15) is 99.2 Å². The number of para-hydroxylation sites is 1. The molecule has 22 nitrogen and oxygen atoms in total. The van der Waals surface area contributed by atoms with Gasteiger partial charge < -0.3 is 62.6 Å². The number of fused-ring (bicyclic) bond motifs is 5. The predicted octanol–water partition coefficient (Wildman–Crippen LogP) is 2.55. The summed E-state index contributed by atoms with van der Waals surface area (Å²) in [4.78, 5) is 137. The second kappa shape index (κ2) is 25.0. The van der Waals surface area contributed by atoms with Gasteiger partial charge in [-0.2, -0.15) is 0 Å². The molecule has 4 aliphatic rings. The fourth-order valence-electron chi connectivity index (χ4n) is 11.9. The molecule has 1 unspecified atom stereocenters. The average Bonchev–Trinajstić information content (AvgIpc) is 0.707. The summed E-state index contributed by atoms with van der Waals surface area (Å²) in [5.74, 6) is -9.37. The van der Waals surface area contributed by atoms with Crippen molar-refractivity contribution >= 4 is 55.5 Å². The van der Waals surface area contributed by atoms with Crippen LogP contribution < -0.4 is 44.3 Å². The van der Waals surface area contributed by atoms with Gasteiger partial charge in [0.2, 0.25) is 6.10 Å². The molecule has 3 N–H and O–H groups in total. The number of amides is 1. The Kier molecular flexibility index (Phi) is 19.2. The third-order valence-corrected chi connectivity index (χ3v) is 16.1. The molecule has 12 atom stereocenters. The standard InChI is InChI=1S/C58H62NO21P.Na/c1-8-72-54(67)77-47(45(35-20-12-9-13-21-35)59-51(64)36-22-14-10-15-23-36)53(66)75-40-30-58(68)50(78-52(65)37-24-16-11-17-25-37)48-56(7,49(63)46(74-33(3)60)44(32(40)2)55(58,5)6)41(29-42-57(48,31-73-42)79-34(4)61)76-43(62)28-38-26-18-19-27-39(38)80-81(69,70)71;/h9-27,40-42,45-48,50,68H,8,28-31H2,1-7H3,(H,59,64)(H2,69,70,71);/q;+1/p-1/t40-,41-,42+,45-,46+,47+,48-,50-,56+,57-,58+;/m0./s1. The number of aliphatic hydroxyl groups is 1. The Bertz CT molecular complexity index is 3170. The maximum Gasteiger partial charge on any atom is 1.00 e. The molecule has 3 aliphatic carbocycles. The number of carbonyl (C=O) groups excluding carboxylic acids is 8. The summed E-state index contributed by atoms with van der Waals surface area (Å²) in [5, 5.41) is 17.0. The first-order valence-corrected chi connectivity index (χ1v) is 27.4. The average molecular weight is 1160 g/mol. The number of carbonyl (C=O) groups is 8. The molecule has 1 heterocycles. The van der Waals surface area contributed by atoms with Gasteiger partial charge in [-0.3, -0.25) is 28.5 Å². The number of hydrogen-bond acceptors (Lipinski definition) is 20. The first-order chi connectivity index (χ1) is 38.2. The molecule has 2 bridgehead atoms. The van der Waals surface area contributed by atoms with Gasteiger partial charge in [0.1, 0.15) is 41.8 Å². The van der Waals surface area contributed by atoms with E-state index in [1.807, 2.05) is 0 Å². The van der Waals surface area contributed by atoms with Crippen LogP contribution in [0.25, 0.3) is 0 Å². The molecule has 1 saturated heterocycles. The van der Waals surface area contributed by atoms with Gasteiger partial charge in [0.15, 0.2) is 17.5 Å². The maximum absolute atomic E-state index is 16.4. The van der Waals surface area contributed by atoms with Gasteiger partial charge in [-0.05, 0) is 67.8 Å². The number of hydrogen-bond donors (Lipinski definition) is 3. The summed E-state index contributed by atoms with van der Waals surface area (Å²) in [6, 6.07) is 27.3. The monoisotopic (exact) mass is 1160 g/mol. The van der Waals surface area contributed by atoms with Crippen LogP contribution in [0, 0.1) is 16.7 Å². The number of phosphoric ester groups is 1. The normalized spacial score (nSPS) is 27.3. The van der Waals surface area contributed by atoms with E-state index in [1.54, 1.807) is 54.6 Å². The molecule has 4 aromatic rings. The van der Waals surface area contributed by atoms with Gasteiger partial charge in [0, 0.05) is 43.2 Å². The molecule has 0 radical (unpaired) electrons. The second-order valence-corrected chi connectivity index (χ2v) is 22.1. The van der Waals surface area contributed by atoms with Crippen LogP contribution in [0.15, 0.2) is 126 Å². The van der Waals surface area contributed by atoms with Crippen molar-refractivity contribution < 1.29 is 130 Å². The van der Waals surface area contributed by atoms with Crippen LogP contribution in [0.2, 0.25) is 0 Å². The Morgan fingerprint density at radius 1 is 0.817 bits per heavy atom. The molecule has 24 heteroatoms. The van der Waals surface area contributed by atoms with Gasteiger partial charge >= 0.3 is 73.4 Å². The summed E-state index contributed by atoms with van der Waals surface area (Å²) in [6.45, 7) is 8.64.